The molecule has 2 aliphatic rings. The van der Waals surface area contributed by atoms with Gasteiger partial charge in [0.1, 0.15) is 0 Å². The van der Waals surface area contributed by atoms with Crippen LogP contribution in [0.15, 0.2) is 0 Å². The van der Waals surface area contributed by atoms with Crippen molar-refractivity contribution in [2.45, 2.75) is 36.9 Å². The van der Waals surface area contributed by atoms with E-state index in [1.165, 1.54) is 12.2 Å². The normalized spacial score (nSPS) is 35.3. The zero-order chi connectivity index (χ0) is 12.1. The number of rotatable bonds is 5. The molecule has 0 aromatic rings. The minimum absolute atomic E-state index is 0.0502. The number of hydrogen-bond donors (Lipinski definition) is 2. The second-order valence-electron chi connectivity index (χ2n) is 5.03. The molecule has 2 rings (SSSR count). The van der Waals surface area contributed by atoms with E-state index in [0.29, 0.717) is 12.6 Å². The first-order chi connectivity index (χ1) is 8.28. The highest BCUT2D eigenvalue weighted by atomic mass is 32.2. The van der Waals surface area contributed by atoms with Gasteiger partial charge < -0.3 is 19.9 Å². The van der Waals surface area contributed by atoms with Gasteiger partial charge in [0, 0.05) is 25.5 Å². The van der Waals surface area contributed by atoms with Crippen LogP contribution in [0.4, 0.5) is 0 Å². The summed E-state index contributed by atoms with van der Waals surface area (Å²) in [5.41, 5.74) is 0.105. The molecule has 0 saturated carbocycles. The predicted octanol–water partition coefficient (Wildman–Crippen LogP) is 0.638. The average molecular weight is 261 g/mol. The molecule has 5 heteroatoms. The van der Waals surface area contributed by atoms with Crippen molar-refractivity contribution in [1.82, 2.24) is 5.32 Å². The summed E-state index contributed by atoms with van der Waals surface area (Å²) in [5, 5.41) is 12.8. The molecule has 2 aliphatic heterocycles. The van der Waals surface area contributed by atoms with E-state index < -0.39 is 0 Å². The van der Waals surface area contributed by atoms with Gasteiger partial charge in [-0.15, -0.1) is 0 Å². The molecule has 0 radical (unpaired) electrons. The Morgan fingerprint density at radius 2 is 2.53 bits per heavy atom. The number of ether oxygens (including phenoxy) is 2. The Balaban J connectivity index is 1.84. The molecule has 2 N–H and O–H groups in total. The van der Waals surface area contributed by atoms with E-state index in [0.717, 1.165) is 25.2 Å². The topological polar surface area (TPSA) is 50.7 Å². The first-order valence-corrected chi connectivity index (χ1v) is 7.51. The van der Waals surface area contributed by atoms with Crippen molar-refractivity contribution in [3.8, 4) is 0 Å². The Labute approximate surface area is 107 Å². The molecule has 0 amide bonds. The fourth-order valence-corrected chi connectivity index (χ4v) is 4.10. The monoisotopic (exact) mass is 261 g/mol. The molecule has 100 valence electrons. The van der Waals surface area contributed by atoms with Gasteiger partial charge in [-0.25, -0.2) is 0 Å². The first kappa shape index (κ1) is 13.6. The highest BCUT2D eigenvalue weighted by Crippen LogP contribution is 2.38. The van der Waals surface area contributed by atoms with Crippen molar-refractivity contribution >= 4 is 11.8 Å². The number of methoxy groups -OCH3 is 1. The Morgan fingerprint density at radius 3 is 3.18 bits per heavy atom. The number of hydrogen-bond acceptors (Lipinski definition) is 5. The number of aliphatic hydroxyl groups excluding tert-OH is 1. The third-order valence-corrected chi connectivity index (χ3v) is 4.84. The lowest BCUT2D eigenvalue weighted by molar-refractivity contribution is -0.0730. The van der Waals surface area contributed by atoms with E-state index in [1.807, 2.05) is 11.8 Å². The first-order valence-electron chi connectivity index (χ1n) is 6.35. The Morgan fingerprint density at radius 1 is 1.65 bits per heavy atom. The van der Waals surface area contributed by atoms with Gasteiger partial charge in [-0.1, -0.05) is 0 Å². The van der Waals surface area contributed by atoms with E-state index in [2.05, 4.69) is 5.32 Å². The Kier molecular flexibility index (Phi) is 5.11. The number of thioether (sulfide) groups is 1. The molecule has 0 aliphatic carbocycles. The third-order valence-electron chi connectivity index (χ3n) is 3.62. The highest BCUT2D eigenvalue weighted by molar-refractivity contribution is 7.99. The fourth-order valence-electron chi connectivity index (χ4n) is 2.72. The molecular weight excluding hydrogens is 238 g/mol. The van der Waals surface area contributed by atoms with Crippen LogP contribution in [0.25, 0.3) is 0 Å². The molecule has 0 bridgehead atoms. The van der Waals surface area contributed by atoms with Crippen LogP contribution in [-0.4, -0.2) is 61.2 Å². The molecule has 3 atom stereocenters. The van der Waals surface area contributed by atoms with Crippen LogP contribution in [0.2, 0.25) is 0 Å². The van der Waals surface area contributed by atoms with Gasteiger partial charge in [-0.2, -0.15) is 11.8 Å². The zero-order valence-corrected chi connectivity index (χ0v) is 11.3. The van der Waals surface area contributed by atoms with Gasteiger partial charge >= 0.3 is 0 Å². The highest BCUT2D eigenvalue weighted by Gasteiger charge is 2.40. The smallest absolute Gasteiger partial charge is 0.0795 e. The molecular formula is C12H23NO3S. The van der Waals surface area contributed by atoms with Crippen molar-refractivity contribution < 1.29 is 14.6 Å². The van der Waals surface area contributed by atoms with Crippen molar-refractivity contribution in [1.29, 1.82) is 0 Å². The summed E-state index contributed by atoms with van der Waals surface area (Å²) < 4.78 is 11.1. The minimum atomic E-state index is 0.0502. The molecule has 2 saturated heterocycles. The molecule has 2 heterocycles. The molecule has 1 spiro atoms. The summed E-state index contributed by atoms with van der Waals surface area (Å²) in [6, 6.07) is 0.504. The van der Waals surface area contributed by atoms with Crippen molar-refractivity contribution in [3.05, 3.63) is 0 Å². The predicted molar refractivity (Wildman–Crippen MR) is 69.5 cm³/mol. The maximum atomic E-state index is 9.27. The summed E-state index contributed by atoms with van der Waals surface area (Å²) in [6.07, 6.45) is 3.27. The lowest BCUT2D eigenvalue weighted by Gasteiger charge is -2.39. The molecule has 4 nitrogen and oxygen atoms in total. The number of aliphatic hydroxyl groups is 1. The maximum absolute atomic E-state index is 9.27. The summed E-state index contributed by atoms with van der Waals surface area (Å²) in [6.45, 7) is 1.53. The standard InChI is InChI=1S/C12H23NO3S/c1-15-8-11(7-14)13-10-2-4-16-12(6-10)3-5-17-9-12/h10-11,13-14H,2-9H2,1H3. The second kappa shape index (κ2) is 6.38. The van der Waals surface area contributed by atoms with Gasteiger partial charge in [0.25, 0.3) is 0 Å². The number of nitrogens with one attached hydrogen (secondary N) is 1. The zero-order valence-electron chi connectivity index (χ0n) is 10.5. The molecule has 0 aromatic heterocycles. The van der Waals surface area contributed by atoms with E-state index in [9.17, 15) is 5.11 Å². The van der Waals surface area contributed by atoms with Crippen LogP contribution in [0.1, 0.15) is 19.3 Å². The Bertz CT molecular complexity index is 234. The summed E-state index contributed by atoms with van der Waals surface area (Å²) in [7, 11) is 1.67. The van der Waals surface area contributed by atoms with Gasteiger partial charge in [0.15, 0.2) is 0 Å². The Hall–Kier alpha value is 0.190. The van der Waals surface area contributed by atoms with Gasteiger partial charge in [0.05, 0.1) is 24.9 Å². The average Bonchev–Trinajstić information content (AvgIpc) is 2.77. The summed E-state index contributed by atoms with van der Waals surface area (Å²) >= 11 is 1.99. The van der Waals surface area contributed by atoms with Gasteiger partial charge in [0.2, 0.25) is 0 Å². The fraction of sp³-hybridized carbons (Fsp3) is 1.00. The van der Waals surface area contributed by atoms with Crippen LogP contribution in [-0.2, 0) is 9.47 Å². The molecule has 2 fully saturated rings. The summed E-state index contributed by atoms with van der Waals surface area (Å²) in [4.78, 5) is 0. The largest absolute Gasteiger partial charge is 0.395 e. The lowest BCUT2D eigenvalue weighted by atomic mass is 9.89. The van der Waals surface area contributed by atoms with E-state index >= 15 is 0 Å². The summed E-state index contributed by atoms with van der Waals surface area (Å²) in [5.74, 6) is 2.34. The van der Waals surface area contributed by atoms with Crippen molar-refractivity contribution in [3.63, 3.8) is 0 Å². The van der Waals surface area contributed by atoms with E-state index in [4.69, 9.17) is 9.47 Å². The van der Waals surface area contributed by atoms with Crippen LogP contribution < -0.4 is 5.32 Å². The van der Waals surface area contributed by atoms with Gasteiger partial charge in [-0.3, -0.25) is 0 Å². The molecule has 17 heavy (non-hydrogen) atoms. The van der Waals surface area contributed by atoms with Crippen molar-refractivity contribution in [2.75, 3.05) is 38.4 Å². The van der Waals surface area contributed by atoms with Crippen LogP contribution in [0.5, 0.6) is 0 Å². The van der Waals surface area contributed by atoms with Crippen LogP contribution >= 0.6 is 11.8 Å². The lowest BCUT2D eigenvalue weighted by Crippen LogP contribution is -2.51. The molecule has 3 unspecified atom stereocenters. The molecule has 0 aromatic carbocycles. The SMILES string of the molecule is COCC(CO)NC1CCOC2(CCSC2)C1. The van der Waals surface area contributed by atoms with Crippen LogP contribution in [0.3, 0.4) is 0 Å². The maximum Gasteiger partial charge on any atom is 0.0795 e. The van der Waals surface area contributed by atoms with Crippen LogP contribution in [0, 0.1) is 0 Å². The van der Waals surface area contributed by atoms with E-state index in [1.54, 1.807) is 7.11 Å². The second-order valence-corrected chi connectivity index (χ2v) is 6.13. The minimum Gasteiger partial charge on any atom is -0.395 e. The third kappa shape index (κ3) is 3.58. The quantitative estimate of drug-likeness (QED) is 0.760. The van der Waals surface area contributed by atoms with Gasteiger partial charge in [-0.05, 0) is 25.0 Å². The van der Waals surface area contributed by atoms with E-state index in [-0.39, 0.29) is 18.2 Å². The van der Waals surface area contributed by atoms with Crippen molar-refractivity contribution in [2.24, 2.45) is 0 Å².